The fourth-order valence-corrected chi connectivity index (χ4v) is 7.20. The minimum atomic E-state index is -0.499. The number of nitrogens with zero attached hydrogens (tertiary/aromatic N) is 6. The molecule has 268 valence electrons. The van der Waals surface area contributed by atoms with Gasteiger partial charge in [0.25, 0.3) is 11.8 Å². The number of fused-ring (bicyclic) bond motifs is 1. The first-order valence-electron chi connectivity index (χ1n) is 17.0. The Balaban J connectivity index is 0.00000464. The molecular formula is C40H40ClFN6O4. The third kappa shape index (κ3) is 6.93. The zero-order valence-corrected chi connectivity index (χ0v) is 30.1. The lowest BCUT2D eigenvalue weighted by atomic mass is 9.92. The summed E-state index contributed by atoms with van der Waals surface area (Å²) < 4.78 is 24.1. The predicted octanol–water partition coefficient (Wildman–Crippen LogP) is 6.36. The third-order valence-electron chi connectivity index (χ3n) is 10.1. The Morgan fingerprint density at radius 2 is 1.67 bits per heavy atom. The number of nitriles is 1. The number of rotatable bonds is 7. The number of aromatic hydroxyl groups is 1. The van der Waals surface area contributed by atoms with E-state index in [0.717, 1.165) is 18.7 Å². The monoisotopic (exact) mass is 722 g/mol. The first kappa shape index (κ1) is 36.4. The summed E-state index contributed by atoms with van der Waals surface area (Å²) in [5.41, 5.74) is 5.81. The molecule has 3 aromatic carbocycles. The van der Waals surface area contributed by atoms with E-state index in [0.29, 0.717) is 77.9 Å². The number of anilines is 2. The van der Waals surface area contributed by atoms with Crippen molar-refractivity contribution < 1.29 is 23.8 Å². The van der Waals surface area contributed by atoms with Crippen LogP contribution in [0.25, 0.3) is 11.3 Å². The van der Waals surface area contributed by atoms with Crippen LogP contribution in [0.4, 0.5) is 15.8 Å². The SMILES string of the molecule is Cc1c(C(=O)N(c2ccc(O)cc2)c2cc(C#N)n(C)c2)cc(-c2cc(F)ccc2C(=O)N2Cc3ccccc3C[C@H]2CN2CCOCC2)n1C.Cl. The van der Waals surface area contributed by atoms with E-state index < -0.39 is 11.7 Å². The van der Waals surface area contributed by atoms with Gasteiger partial charge in [-0.1, -0.05) is 24.3 Å². The van der Waals surface area contributed by atoms with Crippen molar-refractivity contribution in [1.82, 2.24) is 18.9 Å². The minimum Gasteiger partial charge on any atom is -0.508 e. The van der Waals surface area contributed by atoms with Crippen LogP contribution in [0.3, 0.4) is 0 Å². The summed E-state index contributed by atoms with van der Waals surface area (Å²) in [5, 5.41) is 19.6. The number of aryl methyl sites for hydroxylation is 1. The maximum atomic E-state index is 15.1. The van der Waals surface area contributed by atoms with Crippen LogP contribution in [0.5, 0.6) is 5.75 Å². The number of carbonyl (C=O) groups is 2. The van der Waals surface area contributed by atoms with Gasteiger partial charge in [-0.25, -0.2) is 4.39 Å². The average molecular weight is 723 g/mol. The van der Waals surface area contributed by atoms with Gasteiger partial charge in [0, 0.05) is 80.7 Å². The topological polar surface area (TPSA) is 107 Å². The maximum absolute atomic E-state index is 15.1. The van der Waals surface area contributed by atoms with Crippen LogP contribution in [-0.4, -0.2) is 74.7 Å². The van der Waals surface area contributed by atoms with E-state index in [-0.39, 0.29) is 30.1 Å². The Morgan fingerprint density at radius 1 is 0.962 bits per heavy atom. The number of hydrogen-bond donors (Lipinski definition) is 1. The zero-order chi connectivity index (χ0) is 35.8. The van der Waals surface area contributed by atoms with Crippen molar-refractivity contribution in [3.8, 4) is 23.1 Å². The number of morpholine rings is 1. The molecule has 0 saturated carbocycles. The smallest absolute Gasteiger partial charge is 0.264 e. The molecule has 0 radical (unpaired) electrons. The average Bonchev–Trinajstić information content (AvgIpc) is 3.66. The molecule has 2 amide bonds. The third-order valence-corrected chi connectivity index (χ3v) is 10.1. The van der Waals surface area contributed by atoms with Crippen molar-refractivity contribution in [3.63, 3.8) is 0 Å². The van der Waals surface area contributed by atoms with Gasteiger partial charge in [-0.15, -0.1) is 12.4 Å². The Kier molecular flexibility index (Phi) is 10.5. The summed E-state index contributed by atoms with van der Waals surface area (Å²) >= 11 is 0. The molecule has 1 N–H and O–H groups in total. The number of phenolic OH excluding ortho intramolecular Hbond substituents is 1. The Morgan fingerprint density at radius 3 is 2.37 bits per heavy atom. The van der Waals surface area contributed by atoms with Crippen LogP contribution >= 0.6 is 12.4 Å². The van der Waals surface area contributed by atoms with Gasteiger partial charge in [-0.05, 0) is 79.1 Å². The molecule has 52 heavy (non-hydrogen) atoms. The van der Waals surface area contributed by atoms with Crippen molar-refractivity contribution in [3.05, 3.63) is 125 Å². The highest BCUT2D eigenvalue weighted by Gasteiger charge is 2.34. The van der Waals surface area contributed by atoms with E-state index >= 15 is 4.39 Å². The highest BCUT2D eigenvalue weighted by Crippen LogP contribution is 2.36. The van der Waals surface area contributed by atoms with Crippen molar-refractivity contribution in [2.45, 2.75) is 25.9 Å². The number of ether oxygens (including phenoxy) is 1. The predicted molar refractivity (Wildman–Crippen MR) is 199 cm³/mol. The molecule has 1 atom stereocenters. The van der Waals surface area contributed by atoms with Gasteiger partial charge >= 0.3 is 0 Å². The number of aromatic nitrogens is 2. The summed E-state index contributed by atoms with van der Waals surface area (Å²) in [6.07, 6.45) is 2.40. The van der Waals surface area contributed by atoms with Gasteiger partial charge < -0.3 is 23.9 Å². The molecule has 1 fully saturated rings. The highest BCUT2D eigenvalue weighted by atomic mass is 35.5. The quantitative estimate of drug-likeness (QED) is 0.210. The van der Waals surface area contributed by atoms with Crippen LogP contribution in [-0.2, 0) is 31.8 Å². The summed E-state index contributed by atoms with van der Waals surface area (Å²) in [4.78, 5) is 35.0. The molecule has 2 aromatic heterocycles. The second-order valence-corrected chi connectivity index (χ2v) is 13.2. The van der Waals surface area contributed by atoms with Crippen LogP contribution in [0, 0.1) is 24.1 Å². The van der Waals surface area contributed by atoms with Gasteiger partial charge in [0.15, 0.2) is 0 Å². The molecule has 0 bridgehead atoms. The summed E-state index contributed by atoms with van der Waals surface area (Å²) in [6.45, 7) is 5.83. The molecule has 0 spiro atoms. The van der Waals surface area contributed by atoms with Gasteiger partial charge in [0.2, 0.25) is 0 Å². The van der Waals surface area contributed by atoms with E-state index in [2.05, 4.69) is 23.1 Å². The fraction of sp³-hybridized carbons (Fsp3) is 0.275. The summed E-state index contributed by atoms with van der Waals surface area (Å²) in [5.74, 6) is -1.05. The van der Waals surface area contributed by atoms with Crippen LogP contribution in [0.1, 0.15) is 43.2 Å². The lowest BCUT2D eigenvalue weighted by Crippen LogP contribution is -2.52. The van der Waals surface area contributed by atoms with Crippen LogP contribution < -0.4 is 4.90 Å². The van der Waals surface area contributed by atoms with E-state index in [9.17, 15) is 20.0 Å². The Labute approximate surface area is 308 Å². The number of benzene rings is 3. The molecule has 12 heteroatoms. The zero-order valence-electron chi connectivity index (χ0n) is 29.3. The van der Waals surface area contributed by atoms with Crippen LogP contribution in [0.2, 0.25) is 0 Å². The second-order valence-electron chi connectivity index (χ2n) is 13.2. The van der Waals surface area contributed by atoms with E-state index in [1.807, 2.05) is 17.0 Å². The molecule has 2 aliphatic rings. The van der Waals surface area contributed by atoms with E-state index in [4.69, 9.17) is 4.74 Å². The van der Waals surface area contributed by atoms with Gasteiger partial charge in [-0.2, -0.15) is 5.26 Å². The molecule has 0 unspecified atom stereocenters. The molecule has 4 heterocycles. The summed E-state index contributed by atoms with van der Waals surface area (Å²) in [7, 11) is 3.52. The molecule has 0 aliphatic carbocycles. The van der Waals surface area contributed by atoms with Crippen molar-refractivity contribution >= 4 is 35.6 Å². The summed E-state index contributed by atoms with van der Waals surface area (Å²) in [6, 6.07) is 24.0. The molecule has 10 nitrogen and oxygen atoms in total. The Bertz CT molecular complexity index is 2170. The van der Waals surface area contributed by atoms with E-state index in [1.54, 1.807) is 66.7 Å². The number of hydrogen-bond acceptors (Lipinski definition) is 6. The molecule has 7 rings (SSSR count). The number of phenols is 1. The first-order valence-corrected chi connectivity index (χ1v) is 17.0. The number of amides is 2. The molecule has 1 saturated heterocycles. The first-order chi connectivity index (χ1) is 24.6. The van der Waals surface area contributed by atoms with Crippen molar-refractivity contribution in [2.24, 2.45) is 14.1 Å². The number of halogens is 2. The Hall–Kier alpha value is -5.41. The van der Waals surface area contributed by atoms with Crippen molar-refractivity contribution in [1.29, 1.82) is 5.26 Å². The second kappa shape index (κ2) is 15.1. The normalized spacial score (nSPS) is 15.8. The van der Waals surface area contributed by atoms with Gasteiger partial charge in [0.05, 0.1) is 24.5 Å². The molecule has 2 aliphatic heterocycles. The molecular weight excluding hydrogens is 683 g/mol. The maximum Gasteiger partial charge on any atom is 0.264 e. The largest absolute Gasteiger partial charge is 0.508 e. The molecule has 5 aromatic rings. The highest BCUT2D eigenvalue weighted by molar-refractivity contribution is 6.12. The standard InChI is InChI=1S/C40H39FN6O4.ClH/c1-26-36(40(50)47(30-9-11-34(48)12-10-30)33-20-31(22-42)43(2)24-33)21-38(44(26)3)37-19-29(41)8-13-35(37)39(49)46-23-28-7-5-4-6-27(28)18-32(46)25-45-14-16-51-17-15-45;/h4-13,19-21,24,32,48H,14-18,23,25H2,1-3H3;1H/t32-;/m0./s1. The lowest BCUT2D eigenvalue weighted by Gasteiger charge is -2.40. The number of carbonyl (C=O) groups excluding carboxylic acids is 2. The fourth-order valence-electron chi connectivity index (χ4n) is 7.20. The minimum absolute atomic E-state index is 0. The lowest BCUT2D eigenvalue weighted by molar-refractivity contribution is 0.0193. The van der Waals surface area contributed by atoms with Gasteiger partial charge in [0.1, 0.15) is 23.3 Å². The van der Waals surface area contributed by atoms with Crippen LogP contribution in [0.15, 0.2) is 85.1 Å². The van der Waals surface area contributed by atoms with Gasteiger partial charge in [-0.3, -0.25) is 19.4 Å². The van der Waals surface area contributed by atoms with Crippen molar-refractivity contribution in [2.75, 3.05) is 37.7 Å². The van der Waals surface area contributed by atoms with E-state index in [1.165, 1.54) is 34.7 Å².